The molecule has 2 aromatic rings. The highest BCUT2D eigenvalue weighted by Gasteiger charge is 2.27. The van der Waals surface area contributed by atoms with Crippen LogP contribution in [0.4, 0.5) is 0 Å². The third-order valence-corrected chi connectivity index (χ3v) is 7.34. The number of nitrogens with zero attached hydrogens (tertiary/aromatic N) is 1. The molecule has 5 nitrogen and oxygen atoms in total. The SMILES string of the molecule is CC(C)c1cc(C2CC2)cc(C(C)C)c1CC(=O)NS(=O)(=O)c1ccc(CN(C)C)cc1. The molecular weight excluding hydrogens is 420 g/mol. The fraction of sp³-hybridized carbons (Fsp3) is 0.500. The minimum Gasteiger partial charge on any atom is -0.305 e. The van der Waals surface area contributed by atoms with Gasteiger partial charge < -0.3 is 4.90 Å². The third-order valence-electron chi connectivity index (χ3n) is 5.95. The molecule has 0 saturated heterocycles. The van der Waals surface area contributed by atoms with Gasteiger partial charge in [-0.3, -0.25) is 4.79 Å². The van der Waals surface area contributed by atoms with Crippen molar-refractivity contribution in [2.45, 2.75) is 76.2 Å². The number of hydrogen-bond donors (Lipinski definition) is 1. The number of carbonyl (C=O) groups is 1. The van der Waals surface area contributed by atoms with Crippen LogP contribution in [-0.2, 0) is 27.8 Å². The normalized spacial score (nSPS) is 14.4. The Morgan fingerprint density at radius 2 is 1.53 bits per heavy atom. The van der Waals surface area contributed by atoms with E-state index in [9.17, 15) is 13.2 Å². The molecule has 6 heteroatoms. The van der Waals surface area contributed by atoms with Crippen molar-refractivity contribution in [1.29, 1.82) is 0 Å². The number of benzene rings is 2. The van der Waals surface area contributed by atoms with Crippen molar-refractivity contribution in [2.24, 2.45) is 0 Å². The highest BCUT2D eigenvalue weighted by Crippen LogP contribution is 2.43. The van der Waals surface area contributed by atoms with Crippen molar-refractivity contribution in [3.8, 4) is 0 Å². The van der Waals surface area contributed by atoms with E-state index < -0.39 is 15.9 Å². The summed E-state index contributed by atoms with van der Waals surface area (Å²) in [5, 5.41) is 0. The summed E-state index contributed by atoms with van der Waals surface area (Å²) in [7, 11) is -0.00131. The van der Waals surface area contributed by atoms with E-state index in [-0.39, 0.29) is 23.2 Å². The van der Waals surface area contributed by atoms with Crippen LogP contribution in [0.3, 0.4) is 0 Å². The van der Waals surface area contributed by atoms with Gasteiger partial charge in [0, 0.05) is 6.54 Å². The third kappa shape index (κ3) is 5.99. The molecule has 0 heterocycles. The molecule has 1 amide bonds. The van der Waals surface area contributed by atoms with Crippen LogP contribution in [0.5, 0.6) is 0 Å². The summed E-state index contributed by atoms with van der Waals surface area (Å²) in [6.07, 6.45) is 2.50. The van der Waals surface area contributed by atoms with E-state index in [0.29, 0.717) is 5.92 Å². The van der Waals surface area contributed by atoms with Gasteiger partial charge in [0.2, 0.25) is 5.91 Å². The number of amides is 1. The second-order valence-electron chi connectivity index (χ2n) is 9.85. The van der Waals surface area contributed by atoms with Gasteiger partial charge in [-0.05, 0) is 84.6 Å². The van der Waals surface area contributed by atoms with Crippen LogP contribution < -0.4 is 4.72 Å². The van der Waals surface area contributed by atoms with Crippen molar-refractivity contribution in [3.05, 3.63) is 64.2 Å². The van der Waals surface area contributed by atoms with Gasteiger partial charge in [-0.1, -0.05) is 52.0 Å². The molecule has 1 N–H and O–H groups in total. The Labute approximate surface area is 193 Å². The quantitative estimate of drug-likeness (QED) is 0.582. The molecule has 0 atom stereocenters. The molecule has 1 saturated carbocycles. The number of nitrogens with one attached hydrogen (secondary N) is 1. The molecule has 0 bridgehead atoms. The van der Waals surface area contributed by atoms with Crippen molar-refractivity contribution in [3.63, 3.8) is 0 Å². The predicted molar refractivity (Wildman–Crippen MR) is 129 cm³/mol. The van der Waals surface area contributed by atoms with Crippen molar-refractivity contribution in [1.82, 2.24) is 9.62 Å². The molecule has 174 valence electrons. The lowest BCUT2D eigenvalue weighted by Crippen LogP contribution is -2.32. The Morgan fingerprint density at radius 3 is 1.97 bits per heavy atom. The van der Waals surface area contributed by atoms with Crippen LogP contribution in [0.25, 0.3) is 0 Å². The van der Waals surface area contributed by atoms with Crippen LogP contribution in [0.1, 0.15) is 86.1 Å². The van der Waals surface area contributed by atoms with E-state index >= 15 is 0 Å². The topological polar surface area (TPSA) is 66.5 Å². The molecule has 32 heavy (non-hydrogen) atoms. The molecule has 0 unspecified atom stereocenters. The Bertz CT molecular complexity index is 1040. The standard InChI is InChI=1S/C26H36N2O3S/c1-17(2)23-13-21(20-9-10-20)14-24(18(3)4)25(23)15-26(29)27-32(30,31)22-11-7-19(8-12-22)16-28(5)6/h7-8,11-14,17-18,20H,9-10,15-16H2,1-6H3,(H,27,29). The summed E-state index contributed by atoms with van der Waals surface area (Å²) in [6, 6.07) is 11.1. The fourth-order valence-electron chi connectivity index (χ4n) is 4.17. The summed E-state index contributed by atoms with van der Waals surface area (Å²) in [5.74, 6) is 0.652. The summed E-state index contributed by atoms with van der Waals surface area (Å²) in [4.78, 5) is 15.0. The molecular formula is C26H36N2O3S. The Morgan fingerprint density at radius 1 is 1.00 bits per heavy atom. The monoisotopic (exact) mass is 456 g/mol. The van der Waals surface area contributed by atoms with Gasteiger partial charge in [0.05, 0.1) is 11.3 Å². The van der Waals surface area contributed by atoms with Crippen molar-refractivity contribution in [2.75, 3.05) is 14.1 Å². The van der Waals surface area contributed by atoms with E-state index in [1.165, 1.54) is 18.4 Å². The molecule has 0 aliphatic heterocycles. The molecule has 1 aliphatic carbocycles. The first-order valence-electron chi connectivity index (χ1n) is 11.4. The zero-order chi connectivity index (χ0) is 23.6. The van der Waals surface area contributed by atoms with Gasteiger partial charge in [0.15, 0.2) is 0 Å². The molecule has 0 radical (unpaired) electrons. The lowest BCUT2D eigenvalue weighted by atomic mass is 9.84. The number of rotatable bonds is 9. The number of hydrogen-bond acceptors (Lipinski definition) is 4. The summed E-state index contributed by atoms with van der Waals surface area (Å²) >= 11 is 0. The van der Waals surface area contributed by atoms with E-state index in [4.69, 9.17) is 0 Å². The maximum Gasteiger partial charge on any atom is 0.264 e. The van der Waals surface area contributed by atoms with E-state index in [2.05, 4.69) is 44.5 Å². The van der Waals surface area contributed by atoms with E-state index in [1.54, 1.807) is 24.3 Å². The van der Waals surface area contributed by atoms with Gasteiger partial charge in [0.25, 0.3) is 10.0 Å². The zero-order valence-electron chi connectivity index (χ0n) is 20.1. The summed E-state index contributed by atoms with van der Waals surface area (Å²) < 4.78 is 27.9. The maximum atomic E-state index is 12.9. The highest BCUT2D eigenvalue weighted by molar-refractivity contribution is 7.90. The zero-order valence-corrected chi connectivity index (χ0v) is 20.9. The lowest BCUT2D eigenvalue weighted by molar-refractivity contribution is -0.118. The van der Waals surface area contributed by atoms with E-state index in [1.807, 2.05) is 19.0 Å². The minimum atomic E-state index is -3.92. The van der Waals surface area contributed by atoms with Crippen LogP contribution >= 0.6 is 0 Å². The van der Waals surface area contributed by atoms with Gasteiger partial charge in [-0.2, -0.15) is 0 Å². The Hall–Kier alpha value is -2.18. The molecule has 1 fully saturated rings. The maximum absolute atomic E-state index is 12.9. The first kappa shape index (κ1) is 24.5. The van der Waals surface area contributed by atoms with Gasteiger partial charge >= 0.3 is 0 Å². The van der Waals surface area contributed by atoms with E-state index in [0.717, 1.165) is 28.8 Å². The van der Waals surface area contributed by atoms with Crippen molar-refractivity contribution < 1.29 is 13.2 Å². The lowest BCUT2D eigenvalue weighted by Gasteiger charge is -2.21. The molecule has 0 aromatic heterocycles. The number of carbonyl (C=O) groups excluding carboxylic acids is 1. The molecule has 0 spiro atoms. The first-order valence-corrected chi connectivity index (χ1v) is 12.9. The smallest absolute Gasteiger partial charge is 0.264 e. The average molecular weight is 457 g/mol. The average Bonchev–Trinajstić information content (AvgIpc) is 3.52. The number of sulfonamides is 1. The second kappa shape index (κ2) is 9.75. The predicted octanol–water partition coefficient (Wildman–Crippen LogP) is 4.92. The van der Waals surface area contributed by atoms with Crippen molar-refractivity contribution >= 4 is 15.9 Å². The summed E-state index contributed by atoms with van der Waals surface area (Å²) in [5.41, 5.74) is 5.64. The summed E-state index contributed by atoms with van der Waals surface area (Å²) in [6.45, 7) is 9.24. The fourth-order valence-corrected chi connectivity index (χ4v) is 5.16. The van der Waals surface area contributed by atoms with Crippen LogP contribution in [0.2, 0.25) is 0 Å². The minimum absolute atomic E-state index is 0.0594. The first-order chi connectivity index (χ1) is 15.0. The van der Waals surface area contributed by atoms with Gasteiger partial charge in [0.1, 0.15) is 0 Å². The molecule has 3 rings (SSSR count). The Balaban J connectivity index is 1.83. The molecule has 2 aromatic carbocycles. The highest BCUT2D eigenvalue weighted by atomic mass is 32.2. The second-order valence-corrected chi connectivity index (χ2v) is 11.5. The van der Waals surface area contributed by atoms with Gasteiger partial charge in [-0.25, -0.2) is 13.1 Å². The van der Waals surface area contributed by atoms with Crippen LogP contribution in [0, 0.1) is 0 Å². The van der Waals surface area contributed by atoms with Crippen LogP contribution in [0.15, 0.2) is 41.3 Å². The molecule has 1 aliphatic rings. The van der Waals surface area contributed by atoms with Gasteiger partial charge in [-0.15, -0.1) is 0 Å². The van der Waals surface area contributed by atoms with Crippen LogP contribution in [-0.4, -0.2) is 33.3 Å². The largest absolute Gasteiger partial charge is 0.305 e. The Kier molecular flexibility index (Phi) is 7.46.